The van der Waals surface area contributed by atoms with Gasteiger partial charge in [-0.15, -0.1) is 0 Å². The zero-order valence-corrected chi connectivity index (χ0v) is 13.2. The van der Waals surface area contributed by atoms with Crippen LogP contribution in [0.3, 0.4) is 0 Å². The molecule has 2 heterocycles. The molecule has 0 amide bonds. The third-order valence-corrected chi connectivity index (χ3v) is 5.98. The van der Waals surface area contributed by atoms with Gasteiger partial charge in [0.15, 0.2) is 0 Å². The average Bonchev–Trinajstić information content (AvgIpc) is 3.05. The average molecular weight is 300 g/mol. The number of hydrogen-bond donors (Lipinski definition) is 1. The number of aliphatic hydroxyl groups excluding tert-OH is 1. The topological polar surface area (TPSA) is 62.5 Å². The maximum Gasteiger partial charge on any atom is 0.244 e. The molecule has 1 aromatic rings. The highest BCUT2D eigenvalue weighted by molar-refractivity contribution is 7.89. The van der Waals surface area contributed by atoms with Crippen LogP contribution in [0.1, 0.15) is 39.3 Å². The van der Waals surface area contributed by atoms with Crippen LogP contribution in [0.2, 0.25) is 0 Å². The first-order valence-electron chi connectivity index (χ1n) is 7.23. The van der Waals surface area contributed by atoms with E-state index >= 15 is 0 Å². The van der Waals surface area contributed by atoms with Gasteiger partial charge in [-0.3, -0.25) is 0 Å². The molecular weight excluding hydrogens is 276 g/mol. The standard InChI is InChI=1S/C14H24N2O3S/c1-4-15-9-13(8-12(15)10-17)20(18,19)16-7-5-6-14(16)11(2)3/h8-9,11,14,17H,4-7,10H2,1-3H3. The van der Waals surface area contributed by atoms with E-state index in [9.17, 15) is 13.5 Å². The second-order valence-corrected chi connectivity index (χ2v) is 7.57. The Morgan fingerprint density at radius 3 is 2.65 bits per heavy atom. The number of hydrogen-bond acceptors (Lipinski definition) is 3. The third kappa shape index (κ3) is 2.64. The van der Waals surface area contributed by atoms with Gasteiger partial charge in [0.2, 0.25) is 10.0 Å². The van der Waals surface area contributed by atoms with Crippen LogP contribution >= 0.6 is 0 Å². The molecular formula is C14H24N2O3S. The number of aryl methyl sites for hydroxylation is 1. The Morgan fingerprint density at radius 2 is 2.15 bits per heavy atom. The summed E-state index contributed by atoms with van der Waals surface area (Å²) >= 11 is 0. The van der Waals surface area contributed by atoms with Gasteiger partial charge in [0, 0.05) is 31.0 Å². The molecule has 0 spiro atoms. The third-order valence-electron chi connectivity index (χ3n) is 4.09. The highest BCUT2D eigenvalue weighted by Crippen LogP contribution is 2.30. The molecule has 5 nitrogen and oxygen atoms in total. The van der Waals surface area contributed by atoms with Crippen LogP contribution in [0.4, 0.5) is 0 Å². The van der Waals surface area contributed by atoms with E-state index in [1.54, 1.807) is 21.1 Å². The molecule has 1 N–H and O–H groups in total. The predicted octanol–water partition coefficient (Wildman–Crippen LogP) is 1.81. The fraction of sp³-hybridized carbons (Fsp3) is 0.714. The summed E-state index contributed by atoms with van der Waals surface area (Å²) in [6.07, 6.45) is 3.48. The molecule has 1 atom stereocenters. The van der Waals surface area contributed by atoms with Crippen LogP contribution in [0.25, 0.3) is 0 Å². The summed E-state index contributed by atoms with van der Waals surface area (Å²) in [5, 5.41) is 9.30. The van der Waals surface area contributed by atoms with Gasteiger partial charge in [0.1, 0.15) is 4.90 Å². The fourth-order valence-electron chi connectivity index (χ4n) is 2.96. The van der Waals surface area contributed by atoms with Gasteiger partial charge in [0.05, 0.1) is 6.61 Å². The van der Waals surface area contributed by atoms with Crippen LogP contribution in [0.5, 0.6) is 0 Å². The van der Waals surface area contributed by atoms with E-state index in [4.69, 9.17) is 0 Å². The molecule has 1 fully saturated rings. The fourth-order valence-corrected chi connectivity index (χ4v) is 4.85. The minimum atomic E-state index is -3.45. The van der Waals surface area contributed by atoms with Crippen LogP contribution in [-0.2, 0) is 23.2 Å². The van der Waals surface area contributed by atoms with Gasteiger partial charge in [-0.05, 0) is 31.7 Å². The maximum absolute atomic E-state index is 12.8. The van der Waals surface area contributed by atoms with Crippen molar-refractivity contribution in [2.24, 2.45) is 5.92 Å². The summed E-state index contributed by atoms with van der Waals surface area (Å²) in [5.41, 5.74) is 0.645. The van der Waals surface area contributed by atoms with Crippen LogP contribution in [0, 0.1) is 5.92 Å². The molecule has 114 valence electrons. The molecule has 0 saturated carbocycles. The van der Waals surface area contributed by atoms with Gasteiger partial charge >= 0.3 is 0 Å². The Hall–Kier alpha value is -0.850. The summed E-state index contributed by atoms with van der Waals surface area (Å²) in [6.45, 7) is 7.17. The van der Waals surface area contributed by atoms with Crippen molar-refractivity contribution in [2.75, 3.05) is 6.54 Å². The number of sulfonamides is 1. The number of nitrogens with zero attached hydrogens (tertiary/aromatic N) is 2. The Kier molecular flexibility index (Phi) is 4.56. The van der Waals surface area contributed by atoms with E-state index in [0.717, 1.165) is 12.8 Å². The van der Waals surface area contributed by atoms with Crippen molar-refractivity contribution < 1.29 is 13.5 Å². The number of aromatic nitrogens is 1. The lowest BCUT2D eigenvalue weighted by molar-refractivity contribution is 0.271. The van der Waals surface area contributed by atoms with Crippen molar-refractivity contribution in [1.82, 2.24) is 8.87 Å². The van der Waals surface area contributed by atoms with Crippen molar-refractivity contribution in [3.63, 3.8) is 0 Å². The van der Waals surface area contributed by atoms with E-state index in [1.165, 1.54) is 0 Å². The molecule has 6 heteroatoms. The highest BCUT2D eigenvalue weighted by Gasteiger charge is 2.37. The summed E-state index contributed by atoms with van der Waals surface area (Å²) in [5.74, 6) is 0.317. The van der Waals surface area contributed by atoms with Gasteiger partial charge in [-0.25, -0.2) is 8.42 Å². The molecule has 20 heavy (non-hydrogen) atoms. The van der Waals surface area contributed by atoms with Gasteiger partial charge in [-0.1, -0.05) is 13.8 Å². The van der Waals surface area contributed by atoms with Crippen molar-refractivity contribution in [3.05, 3.63) is 18.0 Å². The first-order valence-corrected chi connectivity index (χ1v) is 8.67. The number of rotatable bonds is 5. The van der Waals surface area contributed by atoms with E-state index in [2.05, 4.69) is 13.8 Å². The Labute approximate surface area is 121 Å². The smallest absolute Gasteiger partial charge is 0.244 e. The normalized spacial score (nSPS) is 20.9. The number of aliphatic hydroxyl groups is 1. The molecule has 0 aromatic carbocycles. The summed E-state index contributed by atoms with van der Waals surface area (Å²) in [6, 6.07) is 1.68. The molecule has 1 aromatic heterocycles. The highest BCUT2D eigenvalue weighted by atomic mass is 32.2. The van der Waals surface area contributed by atoms with Gasteiger partial charge < -0.3 is 9.67 Å². The lowest BCUT2D eigenvalue weighted by Gasteiger charge is -2.26. The van der Waals surface area contributed by atoms with E-state index < -0.39 is 10.0 Å². The maximum atomic E-state index is 12.8. The second-order valence-electron chi connectivity index (χ2n) is 5.68. The minimum absolute atomic E-state index is 0.0857. The monoisotopic (exact) mass is 300 g/mol. The SMILES string of the molecule is CCn1cc(S(=O)(=O)N2CCCC2C(C)C)cc1CO. The van der Waals surface area contributed by atoms with Gasteiger partial charge in [0.25, 0.3) is 0 Å². The molecule has 1 saturated heterocycles. The van der Waals surface area contributed by atoms with Crippen molar-refractivity contribution in [3.8, 4) is 0 Å². The van der Waals surface area contributed by atoms with Crippen molar-refractivity contribution in [2.45, 2.75) is 57.7 Å². The largest absolute Gasteiger partial charge is 0.390 e. The van der Waals surface area contributed by atoms with E-state index in [0.29, 0.717) is 29.6 Å². The Morgan fingerprint density at radius 1 is 1.45 bits per heavy atom. The molecule has 1 unspecified atom stereocenters. The first-order chi connectivity index (χ1) is 9.41. The summed E-state index contributed by atoms with van der Waals surface area (Å²) < 4.78 is 29.0. The van der Waals surface area contributed by atoms with Crippen molar-refractivity contribution in [1.29, 1.82) is 0 Å². The van der Waals surface area contributed by atoms with E-state index in [1.807, 2.05) is 6.92 Å². The molecule has 2 rings (SSSR count). The molecule has 1 aliphatic heterocycles. The summed E-state index contributed by atoms with van der Waals surface area (Å²) in [7, 11) is -3.45. The minimum Gasteiger partial charge on any atom is -0.390 e. The molecule has 0 radical (unpaired) electrons. The van der Waals surface area contributed by atoms with Gasteiger partial charge in [-0.2, -0.15) is 4.31 Å². The van der Waals surface area contributed by atoms with E-state index in [-0.39, 0.29) is 12.6 Å². The van der Waals surface area contributed by atoms with Crippen LogP contribution < -0.4 is 0 Å². The molecule has 0 aliphatic carbocycles. The second kappa shape index (κ2) is 5.87. The predicted molar refractivity (Wildman–Crippen MR) is 77.8 cm³/mol. The van der Waals surface area contributed by atoms with Crippen LogP contribution in [-0.4, -0.2) is 35.0 Å². The van der Waals surface area contributed by atoms with Crippen molar-refractivity contribution >= 4 is 10.0 Å². The zero-order valence-electron chi connectivity index (χ0n) is 12.4. The Balaban J connectivity index is 2.37. The lowest BCUT2D eigenvalue weighted by Crippen LogP contribution is -2.38. The van der Waals surface area contributed by atoms with Crippen LogP contribution in [0.15, 0.2) is 17.2 Å². The first kappa shape index (κ1) is 15.5. The molecule has 0 bridgehead atoms. The molecule has 1 aliphatic rings. The Bertz CT molecular complexity index is 541. The summed E-state index contributed by atoms with van der Waals surface area (Å²) in [4.78, 5) is 0.302. The zero-order chi connectivity index (χ0) is 14.9. The quantitative estimate of drug-likeness (QED) is 0.902. The lowest BCUT2D eigenvalue weighted by atomic mass is 10.0.